The third kappa shape index (κ3) is 5.60. The number of fused-ring (bicyclic) bond motifs is 1. The lowest BCUT2D eigenvalue weighted by molar-refractivity contribution is -0.176. The van der Waals surface area contributed by atoms with Crippen LogP contribution < -0.4 is 9.80 Å². The fraction of sp³-hybridized carbons (Fsp3) is 0.520. The molecule has 212 valence electrons. The Balaban J connectivity index is 1.33. The SMILES string of the molecule is FC(F)(F)C1=Cc2nc(N3CCN(c4ncccc4C(F)(F)F)CC3)[nH]c2CC1C1=CCC(C(F)(F)F)CC1. The van der Waals surface area contributed by atoms with Gasteiger partial charge in [0, 0.05) is 56.0 Å². The number of halogens is 9. The Morgan fingerprint density at radius 3 is 2.18 bits per heavy atom. The summed E-state index contributed by atoms with van der Waals surface area (Å²) >= 11 is 0. The van der Waals surface area contributed by atoms with Gasteiger partial charge in [0.25, 0.3) is 0 Å². The first kappa shape index (κ1) is 27.4. The number of hydrogen-bond acceptors (Lipinski definition) is 4. The first-order valence-corrected chi connectivity index (χ1v) is 12.4. The molecule has 2 atom stereocenters. The number of hydrogen-bond donors (Lipinski definition) is 1. The molecule has 2 unspecified atom stereocenters. The second-order valence-electron chi connectivity index (χ2n) is 9.92. The van der Waals surface area contributed by atoms with E-state index in [1.165, 1.54) is 23.2 Å². The van der Waals surface area contributed by atoms with Gasteiger partial charge in [0.2, 0.25) is 5.95 Å². The molecule has 0 amide bonds. The van der Waals surface area contributed by atoms with Gasteiger partial charge in [-0.1, -0.05) is 11.6 Å². The largest absolute Gasteiger partial charge is 0.419 e. The lowest BCUT2D eigenvalue weighted by Crippen LogP contribution is -2.47. The minimum atomic E-state index is -4.69. The summed E-state index contributed by atoms with van der Waals surface area (Å²) in [4.78, 5) is 14.5. The fourth-order valence-corrected chi connectivity index (χ4v) is 5.47. The van der Waals surface area contributed by atoms with Crippen LogP contribution in [0.3, 0.4) is 0 Å². The minimum absolute atomic E-state index is 0.0754. The highest BCUT2D eigenvalue weighted by atomic mass is 19.4. The van der Waals surface area contributed by atoms with E-state index in [0.717, 1.165) is 12.1 Å². The summed E-state index contributed by atoms with van der Waals surface area (Å²) in [5.41, 5.74) is -0.811. The summed E-state index contributed by atoms with van der Waals surface area (Å²) in [6.07, 6.45) is -10.9. The molecule has 14 heteroatoms. The molecule has 0 aromatic carbocycles. The second-order valence-corrected chi connectivity index (χ2v) is 9.92. The molecule has 2 aromatic heterocycles. The highest BCUT2D eigenvalue weighted by molar-refractivity contribution is 5.61. The molecular weight excluding hydrogens is 541 g/mol. The molecule has 39 heavy (non-hydrogen) atoms. The van der Waals surface area contributed by atoms with Gasteiger partial charge in [-0.05, 0) is 37.5 Å². The molecule has 3 heterocycles. The van der Waals surface area contributed by atoms with Gasteiger partial charge in [-0.2, -0.15) is 39.5 Å². The third-order valence-corrected chi connectivity index (χ3v) is 7.53. The number of nitrogens with one attached hydrogen (secondary N) is 1. The fourth-order valence-electron chi connectivity index (χ4n) is 5.47. The Labute approximate surface area is 217 Å². The summed E-state index contributed by atoms with van der Waals surface area (Å²) in [5.74, 6) is -2.56. The first-order valence-electron chi connectivity index (χ1n) is 12.4. The van der Waals surface area contributed by atoms with E-state index in [1.54, 1.807) is 4.90 Å². The Morgan fingerprint density at radius 1 is 0.897 bits per heavy atom. The normalized spacial score (nSPS) is 22.9. The molecule has 5 rings (SSSR count). The van der Waals surface area contributed by atoms with Crippen LogP contribution in [0.25, 0.3) is 6.08 Å². The number of aromatic amines is 1. The van der Waals surface area contributed by atoms with Crippen LogP contribution in [0.15, 0.2) is 35.6 Å². The molecule has 5 nitrogen and oxygen atoms in total. The van der Waals surface area contributed by atoms with Crippen LogP contribution in [-0.4, -0.2) is 53.5 Å². The molecule has 0 radical (unpaired) electrons. The summed E-state index contributed by atoms with van der Waals surface area (Å²) in [6.45, 7) is 0.878. The van der Waals surface area contributed by atoms with E-state index in [-0.39, 0.29) is 63.4 Å². The van der Waals surface area contributed by atoms with E-state index in [2.05, 4.69) is 15.0 Å². The van der Waals surface area contributed by atoms with Crippen molar-refractivity contribution in [1.29, 1.82) is 0 Å². The molecule has 1 N–H and O–H groups in total. The molecular formula is C25H24F9N5. The lowest BCUT2D eigenvalue weighted by atomic mass is 9.76. The third-order valence-electron chi connectivity index (χ3n) is 7.53. The highest BCUT2D eigenvalue weighted by Crippen LogP contribution is 2.46. The first-order chi connectivity index (χ1) is 18.2. The molecule has 0 bridgehead atoms. The summed E-state index contributed by atoms with van der Waals surface area (Å²) in [7, 11) is 0. The zero-order chi connectivity index (χ0) is 28.2. The second kappa shape index (κ2) is 9.77. The molecule has 1 aliphatic heterocycles. The van der Waals surface area contributed by atoms with Gasteiger partial charge >= 0.3 is 18.5 Å². The van der Waals surface area contributed by atoms with Gasteiger partial charge in [0.1, 0.15) is 5.82 Å². The summed E-state index contributed by atoms with van der Waals surface area (Å²) < 4.78 is 121. The van der Waals surface area contributed by atoms with Crippen LogP contribution in [0.1, 0.15) is 36.2 Å². The van der Waals surface area contributed by atoms with Gasteiger partial charge in [0.05, 0.1) is 17.2 Å². The van der Waals surface area contributed by atoms with Crippen molar-refractivity contribution in [3.8, 4) is 0 Å². The molecule has 0 saturated carbocycles. The number of H-pyrrole nitrogens is 1. The zero-order valence-corrected chi connectivity index (χ0v) is 20.4. The van der Waals surface area contributed by atoms with E-state index >= 15 is 0 Å². The number of nitrogens with zero attached hydrogens (tertiary/aromatic N) is 4. The molecule has 1 saturated heterocycles. The van der Waals surface area contributed by atoms with Crippen LogP contribution in [0.4, 0.5) is 51.3 Å². The zero-order valence-electron chi connectivity index (χ0n) is 20.4. The van der Waals surface area contributed by atoms with Crippen molar-refractivity contribution >= 4 is 17.8 Å². The van der Waals surface area contributed by atoms with Crippen LogP contribution in [0.5, 0.6) is 0 Å². The maximum Gasteiger partial charge on any atom is 0.419 e. The average Bonchev–Trinajstić information content (AvgIpc) is 3.30. The number of pyridine rings is 1. The van der Waals surface area contributed by atoms with Gasteiger partial charge in [-0.15, -0.1) is 0 Å². The smallest absolute Gasteiger partial charge is 0.353 e. The Bertz CT molecular complexity index is 1260. The van der Waals surface area contributed by atoms with Crippen molar-refractivity contribution in [3.05, 3.63) is 52.5 Å². The topological polar surface area (TPSA) is 48.1 Å². The van der Waals surface area contributed by atoms with E-state index < -0.39 is 41.5 Å². The highest BCUT2D eigenvalue weighted by Gasteiger charge is 2.45. The van der Waals surface area contributed by atoms with Crippen LogP contribution in [0.2, 0.25) is 0 Å². The van der Waals surface area contributed by atoms with Crippen molar-refractivity contribution in [2.45, 2.75) is 44.2 Å². The number of alkyl halides is 9. The standard InChI is InChI=1S/C25H24F9N5/c26-23(27,28)15-5-3-14(4-6-15)16-12-19-20(13-18(16)25(32,33)34)37-22(36-19)39-10-8-38(9-11-39)21-17(24(29,30)31)2-1-7-35-21/h1-3,7,13,15-16H,4-6,8-12H2,(H,36,37). The Kier molecular flexibility index (Phi) is 6.86. The molecule has 2 aromatic rings. The predicted molar refractivity (Wildman–Crippen MR) is 125 cm³/mol. The van der Waals surface area contributed by atoms with Crippen molar-refractivity contribution < 1.29 is 39.5 Å². The summed E-state index contributed by atoms with van der Waals surface area (Å²) in [6, 6.07) is 2.17. The molecule has 1 fully saturated rings. The number of anilines is 2. The maximum atomic E-state index is 14.0. The van der Waals surface area contributed by atoms with Gasteiger partial charge in [-0.3, -0.25) is 0 Å². The van der Waals surface area contributed by atoms with E-state index in [0.29, 0.717) is 17.2 Å². The predicted octanol–water partition coefficient (Wildman–Crippen LogP) is 6.56. The maximum absolute atomic E-state index is 14.0. The van der Waals surface area contributed by atoms with Crippen molar-refractivity contribution in [1.82, 2.24) is 15.0 Å². The van der Waals surface area contributed by atoms with E-state index in [4.69, 9.17) is 0 Å². The van der Waals surface area contributed by atoms with Crippen molar-refractivity contribution in [3.63, 3.8) is 0 Å². The molecule has 3 aliphatic rings. The van der Waals surface area contributed by atoms with Crippen molar-refractivity contribution in [2.24, 2.45) is 11.8 Å². The van der Waals surface area contributed by atoms with Crippen LogP contribution in [-0.2, 0) is 12.6 Å². The number of aromatic nitrogens is 3. The number of piperazine rings is 1. The van der Waals surface area contributed by atoms with Gasteiger partial charge in [-0.25, -0.2) is 9.97 Å². The van der Waals surface area contributed by atoms with Crippen LogP contribution in [0, 0.1) is 11.8 Å². The Morgan fingerprint density at radius 2 is 1.59 bits per heavy atom. The van der Waals surface area contributed by atoms with Gasteiger partial charge < -0.3 is 14.8 Å². The van der Waals surface area contributed by atoms with E-state index in [1.807, 2.05) is 0 Å². The average molecular weight is 565 g/mol. The van der Waals surface area contributed by atoms with Gasteiger partial charge in [0.15, 0.2) is 0 Å². The molecule has 0 spiro atoms. The lowest BCUT2D eigenvalue weighted by Gasteiger charge is -2.36. The molecule has 2 aliphatic carbocycles. The number of imidazole rings is 1. The number of allylic oxidation sites excluding steroid dienone is 3. The Hall–Kier alpha value is -3.19. The van der Waals surface area contributed by atoms with Crippen molar-refractivity contribution in [2.75, 3.05) is 36.0 Å². The van der Waals surface area contributed by atoms with E-state index in [9.17, 15) is 39.5 Å². The monoisotopic (exact) mass is 565 g/mol. The quantitative estimate of drug-likeness (QED) is 0.339. The summed E-state index contributed by atoms with van der Waals surface area (Å²) in [5, 5.41) is 0. The number of rotatable bonds is 3. The minimum Gasteiger partial charge on any atom is -0.353 e. The van der Waals surface area contributed by atoms with Crippen LogP contribution >= 0.6 is 0 Å².